The van der Waals surface area contributed by atoms with Crippen LogP contribution < -0.4 is 5.73 Å². The molecule has 0 atom stereocenters. The largest absolute Gasteiger partial charge is 0.347 e. The quantitative estimate of drug-likeness (QED) is 0.804. The van der Waals surface area contributed by atoms with Crippen molar-refractivity contribution in [3.8, 4) is 0 Å². The number of rotatable bonds is 5. The van der Waals surface area contributed by atoms with Gasteiger partial charge in [0, 0.05) is 32.9 Å². The summed E-state index contributed by atoms with van der Waals surface area (Å²) in [5, 5.41) is 2.54. The molecule has 0 radical (unpaired) electrons. The molecule has 0 saturated carbocycles. The smallest absolute Gasteiger partial charge is 0.273 e. The van der Waals surface area contributed by atoms with Crippen LogP contribution in [0.1, 0.15) is 15.5 Å². The first-order chi connectivity index (χ1) is 8.45. The molecular weight excluding hydrogens is 252 g/mol. The Morgan fingerprint density at radius 3 is 2.61 bits per heavy atom. The summed E-state index contributed by atoms with van der Waals surface area (Å²) >= 11 is 1.41. The molecule has 1 aromatic rings. The first kappa shape index (κ1) is 14.6. The van der Waals surface area contributed by atoms with Gasteiger partial charge >= 0.3 is 0 Å². The van der Waals surface area contributed by atoms with E-state index in [1.165, 1.54) is 21.1 Å². The lowest BCUT2D eigenvalue weighted by Crippen LogP contribution is -2.37. The molecule has 0 bridgehead atoms. The number of likely N-dealkylation sites (N-methyl/N-ethyl adjacent to an activating group) is 2. The number of aromatic nitrogens is 1. The molecule has 18 heavy (non-hydrogen) atoms. The molecule has 2 amide bonds. The Hall–Kier alpha value is -1.47. The lowest BCUT2D eigenvalue weighted by atomic mass is 10.4. The average molecular weight is 270 g/mol. The van der Waals surface area contributed by atoms with Crippen molar-refractivity contribution >= 4 is 23.2 Å². The van der Waals surface area contributed by atoms with Crippen LogP contribution in [-0.2, 0) is 11.2 Å². The molecule has 2 N–H and O–H groups in total. The maximum absolute atomic E-state index is 12.0. The highest BCUT2D eigenvalue weighted by atomic mass is 32.1. The van der Waals surface area contributed by atoms with Gasteiger partial charge < -0.3 is 15.5 Å². The Morgan fingerprint density at radius 2 is 2.06 bits per heavy atom. The van der Waals surface area contributed by atoms with E-state index in [9.17, 15) is 9.59 Å². The number of hydrogen-bond donors (Lipinski definition) is 1. The number of amides is 2. The van der Waals surface area contributed by atoms with Crippen molar-refractivity contribution in [2.24, 2.45) is 5.73 Å². The van der Waals surface area contributed by atoms with Crippen molar-refractivity contribution in [1.82, 2.24) is 14.8 Å². The van der Waals surface area contributed by atoms with Crippen LogP contribution in [0.25, 0.3) is 0 Å². The van der Waals surface area contributed by atoms with E-state index in [1.54, 1.807) is 26.5 Å². The van der Waals surface area contributed by atoms with Crippen LogP contribution in [0.2, 0.25) is 0 Å². The number of carbonyl (C=O) groups excluding carboxylic acids is 2. The van der Waals surface area contributed by atoms with Gasteiger partial charge in [0.05, 0.1) is 11.6 Å². The summed E-state index contributed by atoms with van der Waals surface area (Å²) in [6, 6.07) is 0. The van der Waals surface area contributed by atoms with Gasteiger partial charge in [-0.2, -0.15) is 0 Å². The second kappa shape index (κ2) is 6.46. The van der Waals surface area contributed by atoms with E-state index in [-0.39, 0.29) is 18.4 Å². The molecule has 0 fully saturated rings. The molecule has 0 spiro atoms. The Kier molecular flexibility index (Phi) is 5.24. The fourth-order valence-corrected chi connectivity index (χ4v) is 2.05. The molecule has 6 nitrogen and oxygen atoms in total. The van der Waals surface area contributed by atoms with E-state index in [0.717, 1.165) is 5.01 Å². The first-order valence-electron chi connectivity index (χ1n) is 5.55. The summed E-state index contributed by atoms with van der Waals surface area (Å²) in [4.78, 5) is 30.5. The van der Waals surface area contributed by atoms with Crippen molar-refractivity contribution in [1.29, 1.82) is 0 Å². The van der Waals surface area contributed by atoms with Gasteiger partial charge in [-0.3, -0.25) is 9.59 Å². The van der Waals surface area contributed by atoms with Crippen LogP contribution in [0.4, 0.5) is 0 Å². The maximum atomic E-state index is 12.0. The highest BCUT2D eigenvalue weighted by Crippen LogP contribution is 2.11. The van der Waals surface area contributed by atoms with Gasteiger partial charge in [-0.25, -0.2) is 4.98 Å². The first-order valence-corrected chi connectivity index (χ1v) is 6.43. The summed E-state index contributed by atoms with van der Waals surface area (Å²) in [6.45, 7) is 0.561. The second-order valence-electron chi connectivity index (χ2n) is 4.11. The number of hydrogen-bond acceptors (Lipinski definition) is 5. The van der Waals surface area contributed by atoms with Gasteiger partial charge in [-0.15, -0.1) is 11.3 Å². The zero-order valence-corrected chi connectivity index (χ0v) is 11.7. The third-order valence-corrected chi connectivity index (χ3v) is 3.26. The van der Waals surface area contributed by atoms with E-state index in [0.29, 0.717) is 18.7 Å². The molecule has 1 rings (SSSR count). The molecule has 0 aliphatic rings. The van der Waals surface area contributed by atoms with E-state index in [1.807, 2.05) is 0 Å². The Labute approximate surface area is 110 Å². The van der Waals surface area contributed by atoms with E-state index in [4.69, 9.17) is 5.73 Å². The molecule has 100 valence electrons. The summed E-state index contributed by atoms with van der Waals surface area (Å²) < 4.78 is 0. The minimum Gasteiger partial charge on any atom is -0.347 e. The van der Waals surface area contributed by atoms with Crippen molar-refractivity contribution in [3.63, 3.8) is 0 Å². The van der Waals surface area contributed by atoms with Gasteiger partial charge in [0.1, 0.15) is 5.69 Å². The van der Waals surface area contributed by atoms with E-state index < -0.39 is 0 Å². The Bertz CT molecular complexity index is 430. The molecule has 0 aromatic carbocycles. The monoisotopic (exact) mass is 270 g/mol. The Balaban J connectivity index is 2.65. The van der Waals surface area contributed by atoms with Crippen molar-refractivity contribution in [2.75, 3.05) is 34.2 Å². The maximum Gasteiger partial charge on any atom is 0.273 e. The topological polar surface area (TPSA) is 79.5 Å². The summed E-state index contributed by atoms with van der Waals surface area (Å²) in [5.41, 5.74) is 5.80. The highest BCUT2D eigenvalue weighted by molar-refractivity contribution is 7.09. The van der Waals surface area contributed by atoms with Crippen LogP contribution in [-0.4, -0.2) is 60.8 Å². The standard InChI is InChI=1S/C11H18N4O2S/c1-14(2)10(16)6-15(3)11(17)8-7-18-9(13-8)4-5-12/h7H,4-6,12H2,1-3H3. The SMILES string of the molecule is CN(C)C(=O)CN(C)C(=O)c1csc(CCN)n1. The highest BCUT2D eigenvalue weighted by Gasteiger charge is 2.18. The lowest BCUT2D eigenvalue weighted by molar-refractivity contribution is -0.129. The minimum absolute atomic E-state index is 0.0512. The number of nitrogens with zero attached hydrogens (tertiary/aromatic N) is 3. The summed E-state index contributed by atoms with van der Waals surface area (Å²) in [7, 11) is 4.90. The van der Waals surface area contributed by atoms with Crippen LogP contribution in [0.5, 0.6) is 0 Å². The van der Waals surface area contributed by atoms with Crippen LogP contribution in [0, 0.1) is 0 Å². The zero-order chi connectivity index (χ0) is 13.7. The second-order valence-corrected chi connectivity index (χ2v) is 5.06. The molecule has 0 saturated heterocycles. The van der Waals surface area contributed by atoms with Gasteiger partial charge in [0.25, 0.3) is 5.91 Å². The third-order valence-electron chi connectivity index (χ3n) is 2.35. The molecule has 0 unspecified atom stereocenters. The van der Waals surface area contributed by atoms with Gasteiger partial charge in [-0.05, 0) is 6.54 Å². The van der Waals surface area contributed by atoms with Gasteiger partial charge in [0.15, 0.2) is 0 Å². The number of nitrogens with two attached hydrogens (primary N) is 1. The lowest BCUT2D eigenvalue weighted by Gasteiger charge is -2.18. The fourth-order valence-electron chi connectivity index (χ4n) is 1.26. The molecule has 0 aliphatic heterocycles. The van der Waals surface area contributed by atoms with Crippen molar-refractivity contribution in [3.05, 3.63) is 16.1 Å². The van der Waals surface area contributed by atoms with Crippen LogP contribution >= 0.6 is 11.3 Å². The molecular formula is C11H18N4O2S. The predicted molar refractivity (Wildman–Crippen MR) is 70.5 cm³/mol. The van der Waals surface area contributed by atoms with Crippen molar-refractivity contribution < 1.29 is 9.59 Å². The van der Waals surface area contributed by atoms with Gasteiger partial charge in [-0.1, -0.05) is 0 Å². The predicted octanol–water partition coefficient (Wildman–Crippen LogP) is -0.195. The fraction of sp³-hybridized carbons (Fsp3) is 0.545. The van der Waals surface area contributed by atoms with E-state index >= 15 is 0 Å². The molecule has 0 aliphatic carbocycles. The minimum atomic E-state index is -0.246. The summed E-state index contributed by atoms with van der Waals surface area (Å²) in [5.74, 6) is -0.368. The zero-order valence-electron chi connectivity index (χ0n) is 10.8. The number of thiazole rings is 1. The number of carbonyl (C=O) groups is 2. The Morgan fingerprint density at radius 1 is 1.39 bits per heavy atom. The van der Waals surface area contributed by atoms with Crippen LogP contribution in [0.3, 0.4) is 0 Å². The third kappa shape index (κ3) is 3.78. The van der Waals surface area contributed by atoms with Crippen molar-refractivity contribution in [2.45, 2.75) is 6.42 Å². The van der Waals surface area contributed by atoms with E-state index in [2.05, 4.69) is 4.98 Å². The molecule has 7 heteroatoms. The van der Waals surface area contributed by atoms with Crippen LogP contribution in [0.15, 0.2) is 5.38 Å². The van der Waals surface area contributed by atoms with Gasteiger partial charge in [0.2, 0.25) is 5.91 Å². The molecule has 1 aromatic heterocycles. The molecule has 1 heterocycles. The average Bonchev–Trinajstić information content (AvgIpc) is 2.76. The normalized spacial score (nSPS) is 10.2. The summed E-state index contributed by atoms with van der Waals surface area (Å²) in [6.07, 6.45) is 0.665.